The number of rotatable bonds is 4. The molecule has 0 radical (unpaired) electrons. The average Bonchev–Trinajstić information content (AvgIpc) is 3.19. The van der Waals surface area contributed by atoms with E-state index in [1.807, 2.05) is 34.6 Å². The highest BCUT2D eigenvalue weighted by atomic mass is 32.2. The summed E-state index contributed by atoms with van der Waals surface area (Å²) < 4.78 is 40.3. The van der Waals surface area contributed by atoms with Crippen molar-refractivity contribution in [2.24, 2.45) is 5.92 Å². The smallest absolute Gasteiger partial charge is 0.400 e. The second-order valence-corrected chi connectivity index (χ2v) is 11.8. The zero-order valence-electron chi connectivity index (χ0n) is 18.6. The van der Waals surface area contributed by atoms with Gasteiger partial charge in [0.25, 0.3) is 0 Å². The molecule has 31 heavy (non-hydrogen) atoms. The first-order chi connectivity index (χ1) is 14.3. The summed E-state index contributed by atoms with van der Waals surface area (Å²) in [5.41, 5.74) is 1.47. The van der Waals surface area contributed by atoms with Crippen molar-refractivity contribution in [3.63, 3.8) is 0 Å². The molecule has 0 spiro atoms. The molecule has 2 heterocycles. The molecular weight excluding hydrogens is 419 g/mol. The fourth-order valence-corrected chi connectivity index (χ4v) is 6.02. The van der Waals surface area contributed by atoms with Crippen molar-refractivity contribution in [1.82, 2.24) is 4.31 Å². The van der Waals surface area contributed by atoms with Crippen LogP contribution in [0.3, 0.4) is 0 Å². The lowest BCUT2D eigenvalue weighted by atomic mass is 9.66. The van der Waals surface area contributed by atoms with Crippen molar-refractivity contribution < 1.29 is 22.6 Å². The van der Waals surface area contributed by atoms with E-state index in [9.17, 15) is 18.5 Å². The summed E-state index contributed by atoms with van der Waals surface area (Å²) in [6.07, 6.45) is 0.541. The molecule has 0 N–H and O–H groups in total. The zero-order valence-corrected chi connectivity index (χ0v) is 19.4. The van der Waals surface area contributed by atoms with Gasteiger partial charge in [-0.05, 0) is 52.2 Å². The molecular formula is C21H29BN2O6S. The maximum absolute atomic E-state index is 13.2. The van der Waals surface area contributed by atoms with Crippen LogP contribution in [0.2, 0.25) is 0 Å². The number of hydrogen-bond donors (Lipinski definition) is 0. The molecule has 10 heteroatoms. The van der Waals surface area contributed by atoms with Crippen molar-refractivity contribution in [3.05, 3.63) is 51.0 Å². The first kappa shape index (κ1) is 22.4. The number of nitrogens with zero attached hydrogens (tertiary/aromatic N) is 2. The Hall–Kier alpha value is -1.75. The Morgan fingerprint density at radius 1 is 1.13 bits per heavy atom. The zero-order chi connectivity index (χ0) is 22.8. The van der Waals surface area contributed by atoms with Gasteiger partial charge in [0, 0.05) is 36.8 Å². The van der Waals surface area contributed by atoms with Crippen LogP contribution >= 0.6 is 0 Å². The number of hydrogen-bond acceptors (Lipinski definition) is 6. The minimum absolute atomic E-state index is 0.210. The van der Waals surface area contributed by atoms with E-state index in [0.29, 0.717) is 6.42 Å². The molecule has 1 aromatic rings. The van der Waals surface area contributed by atoms with Crippen LogP contribution in [0.1, 0.15) is 46.1 Å². The predicted octanol–water partition coefficient (Wildman–Crippen LogP) is 2.98. The highest BCUT2D eigenvalue weighted by molar-refractivity contribution is 7.89. The first-order valence-corrected chi connectivity index (χ1v) is 12.0. The molecule has 0 bridgehead atoms. The largest absolute Gasteiger partial charge is 0.490 e. The van der Waals surface area contributed by atoms with Crippen LogP contribution in [0, 0.1) is 23.0 Å². The van der Waals surface area contributed by atoms with Crippen LogP contribution in [0.25, 0.3) is 0 Å². The van der Waals surface area contributed by atoms with Crippen molar-refractivity contribution in [2.45, 2.75) is 69.6 Å². The Bertz CT molecular complexity index is 1020. The standard InChI is InChI=1S/C21H29BN2O6S/c1-14-6-8-17(9-7-14)31(27,28)23-12-15-10-16(24(25)26)11-19(18(15)13-23)22-29-20(2,3)21(4,5)30-22/h6-9,15-16H,10-13H2,1-5H3/t15-,16-/m0/s1. The highest BCUT2D eigenvalue weighted by Gasteiger charge is 2.55. The molecule has 4 rings (SSSR count). The summed E-state index contributed by atoms with van der Waals surface area (Å²) in [4.78, 5) is 11.6. The van der Waals surface area contributed by atoms with Gasteiger partial charge in [0.1, 0.15) is 0 Å². The Balaban J connectivity index is 1.69. The lowest BCUT2D eigenvalue weighted by Gasteiger charge is -2.32. The third kappa shape index (κ3) is 3.84. The van der Waals surface area contributed by atoms with Crippen molar-refractivity contribution in [3.8, 4) is 0 Å². The summed E-state index contributed by atoms with van der Waals surface area (Å²) in [5, 5.41) is 11.7. The molecule has 1 aromatic carbocycles. The molecule has 2 aliphatic heterocycles. The number of fused-ring (bicyclic) bond motifs is 1. The topological polar surface area (TPSA) is 99.0 Å². The van der Waals surface area contributed by atoms with Gasteiger partial charge < -0.3 is 9.31 Å². The minimum atomic E-state index is -3.70. The van der Waals surface area contributed by atoms with Crippen LogP contribution < -0.4 is 0 Å². The number of benzene rings is 1. The molecule has 0 unspecified atom stereocenters. The quantitative estimate of drug-likeness (QED) is 0.399. The van der Waals surface area contributed by atoms with E-state index in [-0.39, 0.29) is 35.2 Å². The Kier molecular flexibility index (Phi) is 5.36. The third-order valence-corrected chi connectivity index (χ3v) is 9.01. The molecule has 3 aliphatic rings. The predicted molar refractivity (Wildman–Crippen MR) is 117 cm³/mol. The maximum atomic E-state index is 13.2. The monoisotopic (exact) mass is 448 g/mol. The summed E-state index contributed by atoms with van der Waals surface area (Å²) in [7, 11) is -4.40. The maximum Gasteiger partial charge on any atom is 0.490 e. The molecule has 8 nitrogen and oxygen atoms in total. The van der Waals surface area contributed by atoms with E-state index in [1.54, 1.807) is 24.3 Å². The van der Waals surface area contributed by atoms with Gasteiger partial charge in [0.2, 0.25) is 16.1 Å². The first-order valence-electron chi connectivity index (χ1n) is 10.6. The second-order valence-electron chi connectivity index (χ2n) is 9.83. The van der Waals surface area contributed by atoms with E-state index < -0.39 is 34.4 Å². The van der Waals surface area contributed by atoms with Gasteiger partial charge in [-0.25, -0.2) is 8.42 Å². The summed E-state index contributed by atoms with van der Waals surface area (Å²) in [6.45, 7) is 10.1. The second kappa shape index (κ2) is 7.40. The van der Waals surface area contributed by atoms with Crippen molar-refractivity contribution in [2.75, 3.05) is 13.1 Å². The van der Waals surface area contributed by atoms with Crippen LogP contribution in [-0.4, -0.2) is 55.1 Å². The van der Waals surface area contributed by atoms with E-state index in [2.05, 4.69) is 0 Å². The van der Waals surface area contributed by atoms with Gasteiger partial charge in [0.15, 0.2) is 0 Å². The number of aryl methyl sites for hydroxylation is 1. The molecule has 2 atom stereocenters. The molecule has 0 aromatic heterocycles. The summed E-state index contributed by atoms with van der Waals surface area (Å²) in [6, 6.07) is 5.98. The van der Waals surface area contributed by atoms with E-state index in [4.69, 9.17) is 9.31 Å². The SMILES string of the molecule is Cc1ccc(S(=O)(=O)N2CC3=C(B4OC(C)(C)C(C)(C)O4)C[C@@H]([N+](=O)[O-])C[C@H]3C2)cc1. The summed E-state index contributed by atoms with van der Waals surface area (Å²) >= 11 is 0. The summed E-state index contributed by atoms with van der Waals surface area (Å²) in [5.74, 6) is -0.210. The van der Waals surface area contributed by atoms with Crippen LogP contribution in [0.15, 0.2) is 40.2 Å². The van der Waals surface area contributed by atoms with Gasteiger partial charge in [0.05, 0.1) is 16.1 Å². The fraction of sp³-hybridized carbons (Fsp3) is 0.619. The van der Waals surface area contributed by atoms with Crippen LogP contribution in [-0.2, 0) is 19.3 Å². The lowest BCUT2D eigenvalue weighted by Crippen LogP contribution is -2.41. The van der Waals surface area contributed by atoms with Crippen molar-refractivity contribution in [1.29, 1.82) is 0 Å². The minimum Gasteiger partial charge on any atom is -0.400 e. The van der Waals surface area contributed by atoms with Gasteiger partial charge in [-0.3, -0.25) is 10.1 Å². The van der Waals surface area contributed by atoms with Crippen LogP contribution in [0.5, 0.6) is 0 Å². The van der Waals surface area contributed by atoms with Gasteiger partial charge >= 0.3 is 7.12 Å². The van der Waals surface area contributed by atoms with Gasteiger partial charge in [-0.1, -0.05) is 23.3 Å². The van der Waals surface area contributed by atoms with Crippen LogP contribution in [0.4, 0.5) is 0 Å². The molecule has 2 fully saturated rings. The molecule has 1 aliphatic carbocycles. The number of nitro groups is 1. The Morgan fingerprint density at radius 3 is 2.26 bits per heavy atom. The Morgan fingerprint density at radius 2 is 1.71 bits per heavy atom. The van der Waals surface area contributed by atoms with E-state index in [0.717, 1.165) is 16.6 Å². The van der Waals surface area contributed by atoms with Gasteiger partial charge in [-0.2, -0.15) is 4.31 Å². The fourth-order valence-electron chi connectivity index (χ4n) is 4.55. The molecule has 168 valence electrons. The van der Waals surface area contributed by atoms with Gasteiger partial charge in [-0.15, -0.1) is 0 Å². The molecule has 0 saturated carbocycles. The van der Waals surface area contributed by atoms with E-state index in [1.165, 1.54) is 4.31 Å². The molecule has 0 amide bonds. The Labute approximate surface area is 183 Å². The van der Waals surface area contributed by atoms with Crippen molar-refractivity contribution >= 4 is 17.1 Å². The normalized spacial score (nSPS) is 28.1. The van der Waals surface area contributed by atoms with E-state index >= 15 is 0 Å². The third-order valence-electron chi connectivity index (χ3n) is 7.18. The number of sulfonamides is 1. The highest BCUT2D eigenvalue weighted by Crippen LogP contribution is 2.45. The molecule has 2 saturated heterocycles. The lowest BCUT2D eigenvalue weighted by molar-refractivity contribution is -0.524. The average molecular weight is 448 g/mol.